The summed E-state index contributed by atoms with van der Waals surface area (Å²) in [4.78, 5) is 13.2. The van der Waals surface area contributed by atoms with E-state index < -0.39 is 0 Å². The molecule has 1 atom stereocenters. The lowest BCUT2D eigenvalue weighted by Crippen LogP contribution is -2.23. The minimum Gasteiger partial charge on any atom is -0.493 e. The Kier molecular flexibility index (Phi) is 5.19. The topological polar surface area (TPSA) is 64.8 Å². The molecule has 1 fully saturated rings. The first-order valence-electron chi connectivity index (χ1n) is 8.32. The first-order chi connectivity index (χ1) is 12.1. The summed E-state index contributed by atoms with van der Waals surface area (Å²) < 4.78 is 10.7. The molecule has 1 aliphatic heterocycles. The van der Waals surface area contributed by atoms with Crippen LogP contribution in [0.2, 0.25) is 0 Å². The largest absolute Gasteiger partial charge is 0.493 e. The van der Waals surface area contributed by atoms with E-state index in [0.717, 1.165) is 30.5 Å². The summed E-state index contributed by atoms with van der Waals surface area (Å²) in [5, 5.41) is 11.3. The molecule has 1 unspecified atom stereocenters. The molecule has 132 valence electrons. The van der Waals surface area contributed by atoms with Crippen molar-refractivity contribution in [2.45, 2.75) is 25.4 Å². The minimum absolute atomic E-state index is 0.181. The second-order valence-electron chi connectivity index (χ2n) is 6.13. The van der Waals surface area contributed by atoms with E-state index in [1.165, 1.54) is 0 Å². The van der Waals surface area contributed by atoms with Crippen molar-refractivity contribution in [2.24, 2.45) is 0 Å². The zero-order chi connectivity index (χ0) is 17.8. The summed E-state index contributed by atoms with van der Waals surface area (Å²) >= 11 is 0. The standard InChI is InChI=1S/C19H22N2O4/c1-24-18-10-9-14(12-19(18)25-2)16-8-5-11-20(16)13-15-6-3-4-7-17(15)21(22)23/h3-4,6-7,9-10,12,16H,5,8,11,13H2,1-2H3. The molecule has 25 heavy (non-hydrogen) atoms. The molecule has 2 aromatic carbocycles. The van der Waals surface area contributed by atoms with Gasteiger partial charge in [0.2, 0.25) is 0 Å². The molecule has 0 bridgehead atoms. The zero-order valence-electron chi connectivity index (χ0n) is 14.5. The molecule has 0 saturated carbocycles. The van der Waals surface area contributed by atoms with Crippen LogP contribution in [-0.2, 0) is 6.54 Å². The maximum atomic E-state index is 11.3. The third kappa shape index (κ3) is 3.58. The van der Waals surface area contributed by atoms with E-state index >= 15 is 0 Å². The van der Waals surface area contributed by atoms with Gasteiger partial charge in [0.25, 0.3) is 5.69 Å². The SMILES string of the molecule is COc1ccc(C2CCCN2Cc2ccccc2[N+](=O)[O-])cc1OC. The van der Waals surface area contributed by atoms with E-state index in [2.05, 4.69) is 4.90 Å². The van der Waals surface area contributed by atoms with E-state index in [0.29, 0.717) is 18.0 Å². The molecule has 0 amide bonds. The van der Waals surface area contributed by atoms with E-state index in [1.54, 1.807) is 26.4 Å². The molecule has 0 radical (unpaired) electrons. The van der Waals surface area contributed by atoms with Crippen LogP contribution in [0, 0.1) is 10.1 Å². The maximum absolute atomic E-state index is 11.3. The summed E-state index contributed by atoms with van der Waals surface area (Å²) in [5.41, 5.74) is 2.08. The van der Waals surface area contributed by atoms with E-state index in [1.807, 2.05) is 30.3 Å². The number of nitrogens with zero attached hydrogens (tertiary/aromatic N) is 2. The Hall–Kier alpha value is -2.60. The number of hydrogen-bond acceptors (Lipinski definition) is 5. The van der Waals surface area contributed by atoms with Gasteiger partial charge in [0, 0.05) is 24.2 Å². The number of para-hydroxylation sites is 1. The second-order valence-corrected chi connectivity index (χ2v) is 6.13. The average molecular weight is 342 g/mol. The summed E-state index contributed by atoms with van der Waals surface area (Å²) in [5.74, 6) is 1.41. The van der Waals surface area contributed by atoms with Crippen molar-refractivity contribution >= 4 is 5.69 Å². The van der Waals surface area contributed by atoms with Crippen LogP contribution in [0.25, 0.3) is 0 Å². The number of likely N-dealkylation sites (tertiary alicyclic amines) is 1. The van der Waals surface area contributed by atoms with Crippen LogP contribution in [0.5, 0.6) is 11.5 Å². The lowest BCUT2D eigenvalue weighted by molar-refractivity contribution is -0.385. The fraction of sp³-hybridized carbons (Fsp3) is 0.368. The molecule has 6 nitrogen and oxygen atoms in total. The van der Waals surface area contributed by atoms with Crippen LogP contribution in [0.4, 0.5) is 5.69 Å². The Labute approximate surface area is 147 Å². The normalized spacial score (nSPS) is 17.4. The maximum Gasteiger partial charge on any atom is 0.273 e. The Balaban J connectivity index is 1.85. The summed E-state index contributed by atoms with van der Waals surface area (Å²) in [7, 11) is 3.25. The predicted molar refractivity (Wildman–Crippen MR) is 95.0 cm³/mol. The number of benzene rings is 2. The Morgan fingerprint density at radius 2 is 1.92 bits per heavy atom. The van der Waals surface area contributed by atoms with E-state index in [4.69, 9.17) is 9.47 Å². The van der Waals surface area contributed by atoms with Crippen LogP contribution >= 0.6 is 0 Å². The number of rotatable bonds is 6. The Bertz CT molecular complexity index is 763. The molecule has 2 aromatic rings. The fourth-order valence-electron chi connectivity index (χ4n) is 3.49. The van der Waals surface area contributed by atoms with E-state index in [-0.39, 0.29) is 16.7 Å². The highest BCUT2D eigenvalue weighted by molar-refractivity contribution is 5.44. The monoisotopic (exact) mass is 342 g/mol. The molecule has 0 aliphatic carbocycles. The molecule has 1 heterocycles. The van der Waals surface area contributed by atoms with Crippen molar-refractivity contribution in [3.05, 3.63) is 63.7 Å². The smallest absolute Gasteiger partial charge is 0.273 e. The first kappa shape index (κ1) is 17.2. The predicted octanol–water partition coefficient (Wildman–Crippen LogP) is 3.95. The Morgan fingerprint density at radius 3 is 2.64 bits per heavy atom. The van der Waals surface area contributed by atoms with E-state index in [9.17, 15) is 10.1 Å². The van der Waals surface area contributed by atoms with Crippen LogP contribution in [0.15, 0.2) is 42.5 Å². The van der Waals surface area contributed by atoms with Gasteiger partial charge in [-0.1, -0.05) is 24.3 Å². The number of methoxy groups -OCH3 is 2. The lowest BCUT2D eigenvalue weighted by atomic mass is 10.0. The van der Waals surface area contributed by atoms with Gasteiger partial charge in [-0.25, -0.2) is 0 Å². The lowest BCUT2D eigenvalue weighted by Gasteiger charge is -2.25. The Morgan fingerprint density at radius 1 is 1.16 bits per heavy atom. The van der Waals surface area contributed by atoms with Gasteiger partial charge in [-0.3, -0.25) is 15.0 Å². The van der Waals surface area contributed by atoms with Gasteiger partial charge in [0.05, 0.1) is 19.1 Å². The molecular formula is C19H22N2O4. The van der Waals surface area contributed by atoms with Gasteiger partial charge in [0.15, 0.2) is 11.5 Å². The van der Waals surface area contributed by atoms with Crippen LogP contribution in [-0.4, -0.2) is 30.6 Å². The zero-order valence-corrected chi connectivity index (χ0v) is 14.5. The summed E-state index contributed by atoms with van der Waals surface area (Å²) in [6, 6.07) is 13.1. The first-order valence-corrected chi connectivity index (χ1v) is 8.32. The molecule has 0 aromatic heterocycles. The fourth-order valence-corrected chi connectivity index (χ4v) is 3.49. The average Bonchev–Trinajstić information content (AvgIpc) is 3.09. The summed E-state index contributed by atoms with van der Waals surface area (Å²) in [6.07, 6.45) is 2.09. The second kappa shape index (κ2) is 7.53. The van der Waals surface area contributed by atoms with Gasteiger partial charge in [-0.05, 0) is 37.1 Å². The van der Waals surface area contributed by atoms with Crippen LogP contribution in [0.1, 0.15) is 30.0 Å². The van der Waals surface area contributed by atoms with Crippen molar-refractivity contribution < 1.29 is 14.4 Å². The van der Waals surface area contributed by atoms with Crippen molar-refractivity contribution in [2.75, 3.05) is 20.8 Å². The number of nitro groups is 1. The van der Waals surface area contributed by atoms with Gasteiger partial charge in [0.1, 0.15) is 0 Å². The molecule has 1 saturated heterocycles. The number of nitro benzene ring substituents is 1. The van der Waals surface area contributed by atoms with Crippen molar-refractivity contribution in [3.63, 3.8) is 0 Å². The van der Waals surface area contributed by atoms with Gasteiger partial charge in [-0.2, -0.15) is 0 Å². The highest BCUT2D eigenvalue weighted by Gasteiger charge is 2.28. The van der Waals surface area contributed by atoms with Gasteiger partial charge < -0.3 is 9.47 Å². The third-order valence-electron chi connectivity index (χ3n) is 4.72. The molecule has 1 aliphatic rings. The highest BCUT2D eigenvalue weighted by atomic mass is 16.6. The van der Waals surface area contributed by atoms with Crippen molar-refractivity contribution in [1.29, 1.82) is 0 Å². The van der Waals surface area contributed by atoms with Crippen molar-refractivity contribution in [1.82, 2.24) is 4.90 Å². The molecule has 0 N–H and O–H groups in total. The number of hydrogen-bond donors (Lipinski definition) is 0. The molecule has 6 heteroatoms. The van der Waals surface area contributed by atoms with Crippen molar-refractivity contribution in [3.8, 4) is 11.5 Å². The van der Waals surface area contributed by atoms with Crippen LogP contribution < -0.4 is 9.47 Å². The van der Waals surface area contributed by atoms with Gasteiger partial charge in [-0.15, -0.1) is 0 Å². The quantitative estimate of drug-likeness (QED) is 0.587. The van der Waals surface area contributed by atoms with Gasteiger partial charge >= 0.3 is 0 Å². The van der Waals surface area contributed by atoms with Crippen LogP contribution in [0.3, 0.4) is 0 Å². The summed E-state index contributed by atoms with van der Waals surface area (Å²) in [6.45, 7) is 1.49. The third-order valence-corrected chi connectivity index (χ3v) is 4.72. The molecular weight excluding hydrogens is 320 g/mol. The molecule has 3 rings (SSSR count). The highest BCUT2D eigenvalue weighted by Crippen LogP contribution is 2.38. The number of ether oxygens (including phenoxy) is 2. The molecule has 0 spiro atoms. The minimum atomic E-state index is -0.309.